The zero-order valence-corrected chi connectivity index (χ0v) is 10.9. The zero-order valence-electron chi connectivity index (χ0n) is 10.9. The summed E-state index contributed by atoms with van der Waals surface area (Å²) in [6, 6.07) is 1.04. The fraction of sp³-hybridized carbons (Fsp3) is 0.417. The van der Waals surface area contributed by atoms with E-state index >= 15 is 0 Å². The van der Waals surface area contributed by atoms with E-state index in [-0.39, 0.29) is 17.9 Å². The summed E-state index contributed by atoms with van der Waals surface area (Å²) in [5.74, 6) is 0.198. The van der Waals surface area contributed by atoms with Crippen molar-refractivity contribution in [3.63, 3.8) is 0 Å². The minimum absolute atomic E-state index is 0.0612. The maximum Gasteiger partial charge on any atom is 0.279 e. The average Bonchev–Trinajstić information content (AvgIpc) is 3.05. The number of nitrogens with zero attached hydrogens (tertiary/aromatic N) is 3. The van der Waals surface area contributed by atoms with Crippen LogP contribution in [0.1, 0.15) is 41.8 Å². The molecule has 2 aromatic rings. The highest BCUT2D eigenvalue weighted by molar-refractivity contribution is 5.92. The summed E-state index contributed by atoms with van der Waals surface area (Å²) in [5, 5.41) is 8.28. The highest BCUT2D eigenvalue weighted by atomic mass is 19.3. The predicted molar refractivity (Wildman–Crippen MR) is 67.2 cm³/mol. The van der Waals surface area contributed by atoms with Gasteiger partial charge in [-0.2, -0.15) is 5.10 Å². The van der Waals surface area contributed by atoms with Gasteiger partial charge in [-0.3, -0.25) is 9.89 Å². The van der Waals surface area contributed by atoms with E-state index in [9.17, 15) is 13.6 Å². The summed E-state index contributed by atoms with van der Waals surface area (Å²) >= 11 is 0. The van der Waals surface area contributed by atoms with Gasteiger partial charge in [0.15, 0.2) is 0 Å². The molecule has 0 radical (unpaired) electrons. The molecule has 6 nitrogen and oxygen atoms in total. The van der Waals surface area contributed by atoms with Crippen molar-refractivity contribution >= 4 is 5.91 Å². The molecule has 0 aliphatic heterocycles. The topological polar surface area (TPSA) is 75.6 Å². The number of H-pyrrole nitrogens is 1. The van der Waals surface area contributed by atoms with Gasteiger partial charge in [0.05, 0.1) is 6.54 Å². The van der Waals surface area contributed by atoms with Gasteiger partial charge >= 0.3 is 0 Å². The van der Waals surface area contributed by atoms with Crippen molar-refractivity contribution in [3.8, 4) is 0 Å². The van der Waals surface area contributed by atoms with E-state index in [2.05, 4.69) is 20.5 Å². The summed E-state index contributed by atoms with van der Waals surface area (Å²) in [7, 11) is 0. The molecule has 2 rings (SSSR count). The van der Waals surface area contributed by atoms with E-state index < -0.39 is 12.3 Å². The first-order valence-corrected chi connectivity index (χ1v) is 6.23. The average molecular weight is 283 g/mol. The summed E-state index contributed by atoms with van der Waals surface area (Å²) in [5.41, 5.74) is -0.434. The summed E-state index contributed by atoms with van der Waals surface area (Å²) < 4.78 is 26.7. The third-order valence-corrected chi connectivity index (χ3v) is 2.74. The van der Waals surface area contributed by atoms with E-state index in [0.29, 0.717) is 5.82 Å². The standard InChI is InChI=1S/C12H15F2N5O/c1-2-4-19-5-3-15-10(19)7-16-12(20)9-6-8(11(13)14)17-18-9/h3,5-6,11H,2,4,7H2,1H3,(H,16,20)(H,17,18). The van der Waals surface area contributed by atoms with Crippen LogP contribution in [0, 0.1) is 0 Å². The monoisotopic (exact) mass is 283 g/mol. The number of imidazole rings is 1. The van der Waals surface area contributed by atoms with Crippen LogP contribution < -0.4 is 5.32 Å². The summed E-state index contributed by atoms with van der Waals surface area (Å²) in [6.07, 6.45) is 1.76. The fourth-order valence-corrected chi connectivity index (χ4v) is 1.77. The van der Waals surface area contributed by atoms with Crippen LogP contribution in [-0.2, 0) is 13.1 Å². The molecule has 20 heavy (non-hydrogen) atoms. The first-order chi connectivity index (χ1) is 9.61. The number of hydrogen-bond donors (Lipinski definition) is 2. The normalized spacial score (nSPS) is 11.0. The number of amides is 1. The minimum atomic E-state index is -2.67. The van der Waals surface area contributed by atoms with Crippen molar-refractivity contribution in [2.24, 2.45) is 0 Å². The number of halogens is 2. The highest BCUT2D eigenvalue weighted by Gasteiger charge is 2.15. The zero-order chi connectivity index (χ0) is 14.5. The number of rotatable bonds is 6. The highest BCUT2D eigenvalue weighted by Crippen LogP contribution is 2.16. The van der Waals surface area contributed by atoms with Gasteiger partial charge in [-0.1, -0.05) is 6.92 Å². The molecule has 0 fully saturated rings. The van der Waals surface area contributed by atoms with Crippen molar-refractivity contribution in [1.29, 1.82) is 0 Å². The molecule has 0 atom stereocenters. The number of nitrogens with one attached hydrogen (secondary N) is 2. The molecule has 0 saturated carbocycles. The molecule has 0 spiro atoms. The van der Waals surface area contributed by atoms with Crippen LogP contribution in [0.25, 0.3) is 0 Å². The van der Waals surface area contributed by atoms with Crippen molar-refractivity contribution in [2.75, 3.05) is 0 Å². The van der Waals surface area contributed by atoms with E-state index in [1.807, 2.05) is 17.7 Å². The Balaban J connectivity index is 1.95. The molecular weight excluding hydrogens is 268 g/mol. The van der Waals surface area contributed by atoms with Crippen molar-refractivity contribution in [3.05, 3.63) is 35.7 Å². The van der Waals surface area contributed by atoms with E-state index in [0.717, 1.165) is 19.0 Å². The van der Waals surface area contributed by atoms with Gasteiger partial charge in [0.1, 0.15) is 17.2 Å². The maximum atomic E-state index is 12.4. The largest absolute Gasteiger partial charge is 0.343 e. The molecule has 0 aromatic carbocycles. The number of hydrogen-bond acceptors (Lipinski definition) is 3. The van der Waals surface area contributed by atoms with Gasteiger partial charge in [-0.25, -0.2) is 13.8 Å². The molecule has 1 amide bonds. The Morgan fingerprint density at radius 1 is 1.55 bits per heavy atom. The van der Waals surface area contributed by atoms with Gasteiger partial charge in [0.2, 0.25) is 0 Å². The lowest BCUT2D eigenvalue weighted by Gasteiger charge is -2.06. The molecule has 2 aromatic heterocycles. The second kappa shape index (κ2) is 6.27. The van der Waals surface area contributed by atoms with Crippen LogP contribution in [0.15, 0.2) is 18.5 Å². The quantitative estimate of drug-likeness (QED) is 0.850. The molecule has 2 heterocycles. The molecule has 108 valence electrons. The Morgan fingerprint density at radius 2 is 2.35 bits per heavy atom. The molecule has 0 bridgehead atoms. The van der Waals surface area contributed by atoms with Gasteiger partial charge in [-0.15, -0.1) is 0 Å². The van der Waals surface area contributed by atoms with Crippen LogP contribution in [0.2, 0.25) is 0 Å². The lowest BCUT2D eigenvalue weighted by Crippen LogP contribution is -2.25. The Morgan fingerprint density at radius 3 is 3.00 bits per heavy atom. The van der Waals surface area contributed by atoms with Crippen molar-refractivity contribution < 1.29 is 13.6 Å². The van der Waals surface area contributed by atoms with Gasteiger partial charge < -0.3 is 9.88 Å². The molecule has 0 saturated heterocycles. The second-order valence-corrected chi connectivity index (χ2v) is 4.23. The van der Waals surface area contributed by atoms with Crippen LogP contribution in [0.3, 0.4) is 0 Å². The molecule has 0 unspecified atom stereocenters. The van der Waals surface area contributed by atoms with Crippen LogP contribution >= 0.6 is 0 Å². The Kier molecular flexibility index (Phi) is 4.44. The molecular formula is C12H15F2N5O. The number of carbonyl (C=O) groups is 1. The molecule has 2 N–H and O–H groups in total. The van der Waals surface area contributed by atoms with Gasteiger partial charge in [0.25, 0.3) is 12.3 Å². The molecule has 0 aliphatic carbocycles. The second-order valence-electron chi connectivity index (χ2n) is 4.23. The van der Waals surface area contributed by atoms with Crippen LogP contribution in [-0.4, -0.2) is 25.7 Å². The Hall–Kier alpha value is -2.25. The Bertz CT molecular complexity index is 578. The fourth-order valence-electron chi connectivity index (χ4n) is 1.77. The number of aromatic amines is 1. The van der Waals surface area contributed by atoms with Crippen LogP contribution in [0.5, 0.6) is 0 Å². The lowest BCUT2D eigenvalue weighted by molar-refractivity contribution is 0.0944. The van der Waals surface area contributed by atoms with Gasteiger partial charge in [0, 0.05) is 18.9 Å². The third kappa shape index (κ3) is 3.19. The van der Waals surface area contributed by atoms with Crippen molar-refractivity contribution in [1.82, 2.24) is 25.1 Å². The van der Waals surface area contributed by atoms with E-state index in [1.54, 1.807) is 6.20 Å². The first-order valence-electron chi connectivity index (χ1n) is 6.23. The smallest absolute Gasteiger partial charge is 0.279 e. The van der Waals surface area contributed by atoms with Crippen molar-refractivity contribution in [2.45, 2.75) is 32.9 Å². The third-order valence-electron chi connectivity index (χ3n) is 2.74. The maximum absolute atomic E-state index is 12.4. The predicted octanol–water partition coefficient (Wildman–Crippen LogP) is 1.88. The molecule has 8 heteroatoms. The first kappa shape index (κ1) is 14.2. The number of aryl methyl sites for hydroxylation is 1. The van der Waals surface area contributed by atoms with E-state index in [4.69, 9.17) is 0 Å². The SMILES string of the molecule is CCCn1ccnc1CNC(=O)c1cc(C(F)F)[nH]n1. The van der Waals surface area contributed by atoms with Gasteiger partial charge in [-0.05, 0) is 12.5 Å². The molecule has 0 aliphatic rings. The minimum Gasteiger partial charge on any atom is -0.343 e. The number of alkyl halides is 2. The Labute approximate surface area is 114 Å². The lowest BCUT2D eigenvalue weighted by atomic mass is 10.3. The summed E-state index contributed by atoms with van der Waals surface area (Å²) in [4.78, 5) is 15.9. The van der Waals surface area contributed by atoms with Crippen LogP contribution in [0.4, 0.5) is 8.78 Å². The summed E-state index contributed by atoms with van der Waals surface area (Å²) in [6.45, 7) is 3.07. The van der Waals surface area contributed by atoms with E-state index in [1.165, 1.54) is 0 Å². The number of aromatic nitrogens is 4. The number of carbonyl (C=O) groups excluding carboxylic acids is 1.